The van der Waals surface area contributed by atoms with Crippen LogP contribution in [-0.2, 0) is 0 Å². The van der Waals surface area contributed by atoms with E-state index in [2.05, 4.69) is 15.3 Å². The zero-order chi connectivity index (χ0) is 20.9. The molecule has 5 nitrogen and oxygen atoms in total. The van der Waals surface area contributed by atoms with Crippen LogP contribution in [-0.4, -0.2) is 15.9 Å². The van der Waals surface area contributed by atoms with Crippen LogP contribution in [0.3, 0.4) is 0 Å². The molecule has 30 heavy (non-hydrogen) atoms. The number of aromatic nitrogens is 2. The fraction of sp³-hybridized carbons (Fsp3) is 0.0417. The van der Waals surface area contributed by atoms with Crippen molar-refractivity contribution < 1.29 is 9.53 Å². The van der Waals surface area contributed by atoms with Crippen LogP contribution in [0.15, 0.2) is 85.1 Å². The summed E-state index contributed by atoms with van der Waals surface area (Å²) in [6, 6.07) is 24.0. The fourth-order valence-electron chi connectivity index (χ4n) is 2.91. The molecule has 0 atom stereocenters. The van der Waals surface area contributed by atoms with E-state index in [0.717, 1.165) is 5.56 Å². The molecule has 0 saturated carbocycles. The lowest BCUT2D eigenvalue weighted by molar-refractivity contribution is 0.102. The molecule has 4 rings (SSSR count). The van der Waals surface area contributed by atoms with E-state index >= 15 is 0 Å². The van der Waals surface area contributed by atoms with Crippen molar-refractivity contribution >= 4 is 23.2 Å². The number of para-hydroxylation sites is 1. The third kappa shape index (κ3) is 4.47. The molecule has 0 bridgehead atoms. The van der Waals surface area contributed by atoms with Gasteiger partial charge in [-0.05, 0) is 37.3 Å². The Balaban J connectivity index is 1.59. The summed E-state index contributed by atoms with van der Waals surface area (Å²) in [4.78, 5) is 21.7. The summed E-state index contributed by atoms with van der Waals surface area (Å²) in [5.74, 6) is 1.37. The van der Waals surface area contributed by atoms with Crippen molar-refractivity contribution in [3.8, 4) is 22.9 Å². The highest BCUT2D eigenvalue weighted by Crippen LogP contribution is 2.32. The van der Waals surface area contributed by atoms with Crippen molar-refractivity contribution in [3.05, 3.63) is 101 Å². The van der Waals surface area contributed by atoms with Gasteiger partial charge in [-0.2, -0.15) is 0 Å². The summed E-state index contributed by atoms with van der Waals surface area (Å²) in [5, 5.41) is 3.34. The van der Waals surface area contributed by atoms with Crippen molar-refractivity contribution in [2.24, 2.45) is 0 Å². The van der Waals surface area contributed by atoms with Gasteiger partial charge in [0.05, 0.1) is 16.9 Å². The third-order valence-corrected chi connectivity index (χ3v) is 4.65. The van der Waals surface area contributed by atoms with E-state index in [9.17, 15) is 4.79 Å². The first-order valence-electron chi connectivity index (χ1n) is 9.33. The van der Waals surface area contributed by atoms with Crippen LogP contribution >= 0.6 is 11.6 Å². The molecule has 1 N–H and O–H groups in total. The molecule has 3 aromatic carbocycles. The predicted molar refractivity (Wildman–Crippen MR) is 118 cm³/mol. The van der Waals surface area contributed by atoms with Gasteiger partial charge in [0.25, 0.3) is 5.91 Å². The SMILES string of the molecule is Cc1nc(-c2ccccc2)ncc1C(=O)Nc1cc(Cl)ccc1Oc1ccccc1. The summed E-state index contributed by atoms with van der Waals surface area (Å²) >= 11 is 6.14. The monoisotopic (exact) mass is 415 g/mol. The molecular formula is C24H18ClN3O2. The first-order valence-corrected chi connectivity index (χ1v) is 9.71. The second-order valence-corrected chi connectivity index (χ2v) is 7.00. The van der Waals surface area contributed by atoms with Crippen molar-refractivity contribution in [2.45, 2.75) is 6.92 Å². The maximum Gasteiger partial charge on any atom is 0.259 e. The molecule has 1 aromatic heterocycles. The molecule has 0 radical (unpaired) electrons. The Morgan fingerprint density at radius 3 is 2.37 bits per heavy atom. The largest absolute Gasteiger partial charge is 0.455 e. The molecule has 0 saturated heterocycles. The lowest BCUT2D eigenvalue weighted by atomic mass is 10.1. The number of carbonyl (C=O) groups excluding carboxylic acids is 1. The van der Waals surface area contributed by atoms with E-state index in [1.165, 1.54) is 6.20 Å². The summed E-state index contributed by atoms with van der Waals surface area (Å²) < 4.78 is 5.90. The van der Waals surface area contributed by atoms with Crippen molar-refractivity contribution in [3.63, 3.8) is 0 Å². The minimum atomic E-state index is -0.340. The number of nitrogens with one attached hydrogen (secondary N) is 1. The van der Waals surface area contributed by atoms with E-state index in [1.807, 2.05) is 60.7 Å². The van der Waals surface area contributed by atoms with Crippen LogP contribution in [0.2, 0.25) is 5.02 Å². The number of benzene rings is 3. The Labute approximate surface area is 179 Å². The second-order valence-electron chi connectivity index (χ2n) is 6.57. The number of halogens is 1. The van der Waals surface area contributed by atoms with Crippen LogP contribution < -0.4 is 10.1 Å². The molecule has 4 aromatic rings. The summed E-state index contributed by atoms with van der Waals surface area (Å²) in [6.45, 7) is 1.78. The van der Waals surface area contributed by atoms with Crippen molar-refractivity contribution in [1.29, 1.82) is 0 Å². The van der Waals surface area contributed by atoms with Gasteiger partial charge >= 0.3 is 0 Å². The maximum atomic E-state index is 12.9. The molecule has 0 aliphatic heterocycles. The molecule has 0 fully saturated rings. The van der Waals surface area contributed by atoms with Crippen LogP contribution in [0.1, 0.15) is 16.1 Å². The lowest BCUT2D eigenvalue weighted by Crippen LogP contribution is -2.15. The number of amides is 1. The van der Waals surface area contributed by atoms with Gasteiger partial charge in [-0.25, -0.2) is 9.97 Å². The van der Waals surface area contributed by atoms with E-state index in [1.54, 1.807) is 25.1 Å². The Morgan fingerprint density at radius 1 is 0.967 bits per heavy atom. The number of hydrogen-bond acceptors (Lipinski definition) is 4. The van der Waals surface area contributed by atoms with Gasteiger partial charge in [-0.1, -0.05) is 60.1 Å². The van der Waals surface area contributed by atoms with Gasteiger partial charge in [0.1, 0.15) is 5.75 Å². The molecule has 1 heterocycles. The lowest BCUT2D eigenvalue weighted by Gasteiger charge is -2.13. The van der Waals surface area contributed by atoms with E-state index in [-0.39, 0.29) is 5.91 Å². The third-order valence-electron chi connectivity index (χ3n) is 4.42. The molecule has 1 amide bonds. The number of carbonyl (C=O) groups is 1. The van der Waals surface area contributed by atoms with Gasteiger partial charge < -0.3 is 10.1 Å². The number of anilines is 1. The number of aryl methyl sites for hydroxylation is 1. The van der Waals surface area contributed by atoms with Gasteiger partial charge in [0, 0.05) is 16.8 Å². The van der Waals surface area contributed by atoms with Gasteiger partial charge in [0.2, 0.25) is 0 Å². The maximum absolute atomic E-state index is 12.9. The highest BCUT2D eigenvalue weighted by Gasteiger charge is 2.16. The molecule has 6 heteroatoms. The van der Waals surface area contributed by atoms with Crippen LogP contribution in [0.25, 0.3) is 11.4 Å². The van der Waals surface area contributed by atoms with Gasteiger partial charge in [-0.15, -0.1) is 0 Å². The predicted octanol–water partition coefficient (Wildman–Crippen LogP) is 6.15. The highest BCUT2D eigenvalue weighted by atomic mass is 35.5. The van der Waals surface area contributed by atoms with Crippen LogP contribution in [0.4, 0.5) is 5.69 Å². The van der Waals surface area contributed by atoms with Crippen molar-refractivity contribution in [2.75, 3.05) is 5.32 Å². The average Bonchev–Trinajstić information content (AvgIpc) is 2.77. The summed E-state index contributed by atoms with van der Waals surface area (Å²) in [6.07, 6.45) is 1.53. The number of hydrogen-bond donors (Lipinski definition) is 1. The van der Waals surface area contributed by atoms with E-state index < -0.39 is 0 Å². The van der Waals surface area contributed by atoms with Gasteiger partial charge in [-0.3, -0.25) is 4.79 Å². The molecular weight excluding hydrogens is 398 g/mol. The minimum Gasteiger partial charge on any atom is -0.455 e. The number of nitrogens with zero attached hydrogens (tertiary/aromatic N) is 2. The number of ether oxygens (including phenoxy) is 1. The Bertz CT molecular complexity index is 1180. The zero-order valence-electron chi connectivity index (χ0n) is 16.2. The normalized spacial score (nSPS) is 10.5. The average molecular weight is 416 g/mol. The van der Waals surface area contributed by atoms with Gasteiger partial charge in [0.15, 0.2) is 11.6 Å². The summed E-state index contributed by atoms with van der Waals surface area (Å²) in [5.41, 5.74) is 2.30. The summed E-state index contributed by atoms with van der Waals surface area (Å²) in [7, 11) is 0. The zero-order valence-corrected chi connectivity index (χ0v) is 16.9. The molecule has 0 unspecified atom stereocenters. The van der Waals surface area contributed by atoms with Crippen molar-refractivity contribution in [1.82, 2.24) is 9.97 Å². The van der Waals surface area contributed by atoms with E-state index in [4.69, 9.17) is 16.3 Å². The minimum absolute atomic E-state index is 0.340. The highest BCUT2D eigenvalue weighted by molar-refractivity contribution is 6.31. The first kappa shape index (κ1) is 19.6. The Morgan fingerprint density at radius 2 is 1.67 bits per heavy atom. The smallest absolute Gasteiger partial charge is 0.259 e. The molecule has 0 aliphatic rings. The Hall–Kier alpha value is -3.70. The van der Waals surface area contributed by atoms with Crippen LogP contribution in [0, 0.1) is 6.92 Å². The number of rotatable bonds is 5. The van der Waals surface area contributed by atoms with Crippen LogP contribution in [0.5, 0.6) is 11.5 Å². The molecule has 0 spiro atoms. The quantitative estimate of drug-likeness (QED) is 0.424. The second kappa shape index (κ2) is 8.76. The Kier molecular flexibility index (Phi) is 5.72. The fourth-order valence-corrected chi connectivity index (χ4v) is 3.08. The molecule has 0 aliphatic carbocycles. The standard InChI is InChI=1S/C24H18ClN3O2/c1-16-20(15-26-23(27-16)17-8-4-2-5-9-17)24(29)28-21-14-18(25)12-13-22(21)30-19-10-6-3-7-11-19/h2-15H,1H3,(H,28,29). The topological polar surface area (TPSA) is 64.1 Å². The molecule has 148 valence electrons. The van der Waals surface area contributed by atoms with E-state index in [0.29, 0.717) is 39.3 Å². The first-order chi connectivity index (χ1) is 14.6.